The number of esters is 1. The third-order valence-corrected chi connectivity index (χ3v) is 4.10. The summed E-state index contributed by atoms with van der Waals surface area (Å²) in [6, 6.07) is 6.89. The molecule has 2 rings (SSSR count). The summed E-state index contributed by atoms with van der Waals surface area (Å²) >= 11 is 0. The normalized spacial score (nSPS) is 16.5. The summed E-state index contributed by atoms with van der Waals surface area (Å²) in [6.07, 6.45) is 3.64. The first kappa shape index (κ1) is 15.5. The van der Waals surface area contributed by atoms with Gasteiger partial charge in [0.2, 0.25) is 5.91 Å². The molecule has 0 atom stereocenters. The maximum Gasteiger partial charge on any atom is 0.340 e. The highest BCUT2D eigenvalue weighted by atomic mass is 16.5. The van der Waals surface area contributed by atoms with Gasteiger partial charge in [-0.1, -0.05) is 25.0 Å². The van der Waals surface area contributed by atoms with Crippen LogP contribution in [0.3, 0.4) is 0 Å². The van der Waals surface area contributed by atoms with Crippen molar-refractivity contribution in [3.8, 4) is 0 Å². The summed E-state index contributed by atoms with van der Waals surface area (Å²) in [5.74, 6) is -0.527. The minimum Gasteiger partial charge on any atom is -0.462 e. The number of rotatable bonds is 5. The Labute approximate surface area is 124 Å². The Morgan fingerprint density at radius 1 is 1.29 bits per heavy atom. The number of carbonyl (C=O) groups is 2. The fraction of sp³-hybridized carbons (Fsp3) is 0.500. The van der Waals surface area contributed by atoms with E-state index < -0.39 is 11.4 Å². The van der Waals surface area contributed by atoms with Crippen LogP contribution in [0.1, 0.15) is 43.0 Å². The minimum absolute atomic E-state index is 0.0979. The summed E-state index contributed by atoms with van der Waals surface area (Å²) < 4.78 is 5.01. The summed E-state index contributed by atoms with van der Waals surface area (Å²) in [6.45, 7) is 2.38. The van der Waals surface area contributed by atoms with Crippen molar-refractivity contribution in [2.24, 2.45) is 11.1 Å². The van der Waals surface area contributed by atoms with Crippen molar-refractivity contribution in [1.82, 2.24) is 0 Å². The zero-order valence-electron chi connectivity index (χ0n) is 12.4. The van der Waals surface area contributed by atoms with Gasteiger partial charge in [0.05, 0.1) is 23.3 Å². The second-order valence-electron chi connectivity index (χ2n) is 5.41. The maximum atomic E-state index is 12.6. The van der Waals surface area contributed by atoms with E-state index in [0.29, 0.717) is 24.4 Å². The third-order valence-electron chi connectivity index (χ3n) is 4.10. The van der Waals surface area contributed by atoms with Gasteiger partial charge < -0.3 is 15.8 Å². The number of amides is 1. The van der Waals surface area contributed by atoms with Gasteiger partial charge in [0.15, 0.2) is 0 Å². The van der Waals surface area contributed by atoms with Crippen LogP contribution < -0.4 is 11.1 Å². The van der Waals surface area contributed by atoms with Crippen molar-refractivity contribution in [2.45, 2.75) is 32.6 Å². The molecule has 0 spiro atoms. The maximum absolute atomic E-state index is 12.6. The van der Waals surface area contributed by atoms with Crippen LogP contribution in [0.2, 0.25) is 0 Å². The van der Waals surface area contributed by atoms with Crippen molar-refractivity contribution < 1.29 is 14.3 Å². The molecule has 1 aliphatic rings. The second-order valence-corrected chi connectivity index (χ2v) is 5.41. The number of ether oxygens (including phenoxy) is 1. The molecule has 0 radical (unpaired) electrons. The molecule has 0 unspecified atom stereocenters. The largest absolute Gasteiger partial charge is 0.462 e. The van der Waals surface area contributed by atoms with E-state index in [1.807, 2.05) is 0 Å². The van der Waals surface area contributed by atoms with Crippen molar-refractivity contribution in [2.75, 3.05) is 18.5 Å². The number of para-hydroxylation sites is 1. The van der Waals surface area contributed by atoms with E-state index in [1.165, 1.54) is 0 Å². The number of benzene rings is 1. The number of nitrogens with two attached hydrogens (primary N) is 1. The molecule has 21 heavy (non-hydrogen) atoms. The number of hydrogen-bond donors (Lipinski definition) is 2. The van der Waals surface area contributed by atoms with E-state index in [-0.39, 0.29) is 5.91 Å². The van der Waals surface area contributed by atoms with Crippen LogP contribution in [-0.2, 0) is 9.53 Å². The van der Waals surface area contributed by atoms with Gasteiger partial charge in [0, 0.05) is 6.54 Å². The Kier molecular flexibility index (Phi) is 4.96. The van der Waals surface area contributed by atoms with Gasteiger partial charge in [-0.15, -0.1) is 0 Å². The van der Waals surface area contributed by atoms with Gasteiger partial charge in [-0.05, 0) is 31.9 Å². The molecule has 1 aromatic carbocycles. The van der Waals surface area contributed by atoms with E-state index in [4.69, 9.17) is 10.5 Å². The average Bonchev–Trinajstić information content (AvgIpc) is 2.98. The molecule has 0 bridgehead atoms. The van der Waals surface area contributed by atoms with Gasteiger partial charge in [-0.2, -0.15) is 0 Å². The van der Waals surface area contributed by atoms with Crippen molar-refractivity contribution in [1.29, 1.82) is 0 Å². The molecule has 5 heteroatoms. The van der Waals surface area contributed by atoms with Crippen LogP contribution in [0.5, 0.6) is 0 Å². The molecular weight excluding hydrogens is 268 g/mol. The number of nitrogens with one attached hydrogen (secondary N) is 1. The predicted molar refractivity (Wildman–Crippen MR) is 81.0 cm³/mol. The topological polar surface area (TPSA) is 81.4 Å². The molecule has 0 aromatic heterocycles. The summed E-state index contributed by atoms with van der Waals surface area (Å²) in [4.78, 5) is 24.5. The number of carbonyl (C=O) groups excluding carboxylic acids is 2. The highest BCUT2D eigenvalue weighted by Gasteiger charge is 2.40. The van der Waals surface area contributed by atoms with E-state index in [9.17, 15) is 9.59 Å². The standard InChI is InChI=1S/C16H22N2O3/c1-2-21-14(19)12-7-3-4-8-13(12)18-15(20)16(11-17)9-5-6-10-16/h3-4,7-8H,2,5-6,9-11,17H2,1H3,(H,18,20). The molecule has 1 saturated carbocycles. The molecule has 0 aliphatic heterocycles. The van der Waals surface area contributed by atoms with Gasteiger partial charge in [0.1, 0.15) is 0 Å². The summed E-state index contributed by atoms with van der Waals surface area (Å²) in [5.41, 5.74) is 6.18. The number of anilines is 1. The van der Waals surface area contributed by atoms with E-state index in [0.717, 1.165) is 25.7 Å². The molecule has 1 fully saturated rings. The number of hydrogen-bond acceptors (Lipinski definition) is 4. The Balaban J connectivity index is 2.19. The Morgan fingerprint density at radius 2 is 1.95 bits per heavy atom. The SMILES string of the molecule is CCOC(=O)c1ccccc1NC(=O)C1(CN)CCCC1. The van der Waals surface area contributed by atoms with Crippen LogP contribution in [0.4, 0.5) is 5.69 Å². The average molecular weight is 290 g/mol. The fourth-order valence-electron chi connectivity index (χ4n) is 2.81. The van der Waals surface area contributed by atoms with Gasteiger partial charge in [0.25, 0.3) is 0 Å². The lowest BCUT2D eigenvalue weighted by Gasteiger charge is -2.26. The van der Waals surface area contributed by atoms with Crippen molar-refractivity contribution >= 4 is 17.6 Å². The zero-order chi connectivity index (χ0) is 15.3. The zero-order valence-corrected chi connectivity index (χ0v) is 12.4. The van der Waals surface area contributed by atoms with Gasteiger partial charge in [-0.25, -0.2) is 4.79 Å². The quantitative estimate of drug-likeness (QED) is 0.815. The van der Waals surface area contributed by atoms with Gasteiger partial charge >= 0.3 is 5.97 Å². The van der Waals surface area contributed by atoms with Gasteiger partial charge in [-0.3, -0.25) is 4.79 Å². The first-order valence-electron chi connectivity index (χ1n) is 7.40. The molecule has 1 aliphatic carbocycles. The minimum atomic E-state index is -0.498. The molecule has 1 aromatic rings. The monoisotopic (exact) mass is 290 g/mol. The van der Waals surface area contributed by atoms with Crippen LogP contribution in [-0.4, -0.2) is 25.0 Å². The Morgan fingerprint density at radius 3 is 2.57 bits per heavy atom. The lowest BCUT2D eigenvalue weighted by molar-refractivity contribution is -0.124. The molecule has 0 heterocycles. The molecule has 5 nitrogen and oxygen atoms in total. The van der Waals surface area contributed by atoms with Crippen LogP contribution in [0.15, 0.2) is 24.3 Å². The van der Waals surface area contributed by atoms with Crippen molar-refractivity contribution in [3.05, 3.63) is 29.8 Å². The van der Waals surface area contributed by atoms with Crippen LogP contribution >= 0.6 is 0 Å². The third kappa shape index (κ3) is 3.24. The molecule has 1 amide bonds. The molecule has 0 saturated heterocycles. The predicted octanol–water partition coefficient (Wildman–Crippen LogP) is 2.32. The second kappa shape index (κ2) is 6.72. The summed E-state index contributed by atoms with van der Waals surface area (Å²) in [7, 11) is 0. The smallest absolute Gasteiger partial charge is 0.340 e. The van der Waals surface area contributed by atoms with E-state index in [2.05, 4.69) is 5.32 Å². The lowest BCUT2D eigenvalue weighted by atomic mass is 9.85. The van der Waals surface area contributed by atoms with E-state index >= 15 is 0 Å². The van der Waals surface area contributed by atoms with E-state index in [1.54, 1.807) is 31.2 Å². The summed E-state index contributed by atoms with van der Waals surface area (Å²) in [5, 5.41) is 2.86. The molecular formula is C16H22N2O3. The highest BCUT2D eigenvalue weighted by molar-refractivity contribution is 6.03. The lowest BCUT2D eigenvalue weighted by Crippen LogP contribution is -2.40. The Hall–Kier alpha value is -1.88. The Bertz CT molecular complexity index is 522. The first-order chi connectivity index (χ1) is 10.1. The fourth-order valence-corrected chi connectivity index (χ4v) is 2.81. The molecule has 114 valence electrons. The van der Waals surface area contributed by atoms with Crippen LogP contribution in [0.25, 0.3) is 0 Å². The van der Waals surface area contributed by atoms with Crippen LogP contribution in [0, 0.1) is 5.41 Å². The van der Waals surface area contributed by atoms with Crippen molar-refractivity contribution in [3.63, 3.8) is 0 Å². The first-order valence-corrected chi connectivity index (χ1v) is 7.40. The highest BCUT2D eigenvalue weighted by Crippen LogP contribution is 2.38. The molecule has 3 N–H and O–H groups in total.